The lowest BCUT2D eigenvalue weighted by atomic mass is 10.2. The minimum Gasteiger partial charge on any atom is -0.493 e. The zero-order valence-corrected chi connectivity index (χ0v) is 8.86. The van der Waals surface area contributed by atoms with Gasteiger partial charge in [0.1, 0.15) is 5.75 Å². The number of rotatable bonds is 4. The topological polar surface area (TPSA) is 58.6 Å². The molecular weight excluding hydrogens is 194 g/mol. The van der Waals surface area contributed by atoms with Gasteiger partial charge in [-0.1, -0.05) is 13.8 Å². The number of nitrogens with one attached hydrogen (secondary N) is 1. The molecule has 0 unspecified atom stereocenters. The van der Waals surface area contributed by atoms with E-state index < -0.39 is 6.09 Å². The molecule has 1 rings (SSSR count). The molecule has 0 atom stereocenters. The lowest BCUT2D eigenvalue weighted by Crippen LogP contribution is -2.07. The fourth-order valence-corrected chi connectivity index (χ4v) is 1.02. The Morgan fingerprint density at radius 1 is 1.40 bits per heavy atom. The number of amides is 1. The number of anilines is 1. The van der Waals surface area contributed by atoms with Gasteiger partial charge in [0.25, 0.3) is 0 Å². The molecule has 15 heavy (non-hydrogen) atoms. The average Bonchev–Trinajstić information content (AvgIpc) is 2.16. The van der Waals surface area contributed by atoms with Gasteiger partial charge >= 0.3 is 6.09 Å². The average molecular weight is 209 g/mol. The van der Waals surface area contributed by atoms with Crippen molar-refractivity contribution in [3.05, 3.63) is 24.3 Å². The molecule has 1 amide bonds. The van der Waals surface area contributed by atoms with Gasteiger partial charge in [-0.05, 0) is 30.2 Å². The minimum atomic E-state index is -1.06. The molecule has 1 aromatic carbocycles. The van der Waals surface area contributed by atoms with Gasteiger partial charge in [-0.25, -0.2) is 4.79 Å². The second-order valence-electron chi connectivity index (χ2n) is 3.66. The second-order valence-corrected chi connectivity index (χ2v) is 3.66. The Bertz CT molecular complexity index is 319. The fraction of sp³-hybridized carbons (Fsp3) is 0.364. The third kappa shape index (κ3) is 4.35. The molecule has 0 fully saturated rings. The van der Waals surface area contributed by atoms with Crippen LogP contribution in [0.15, 0.2) is 24.3 Å². The van der Waals surface area contributed by atoms with Crippen molar-refractivity contribution in [3.63, 3.8) is 0 Å². The molecule has 0 aromatic heterocycles. The maximum Gasteiger partial charge on any atom is 0.409 e. The first-order chi connectivity index (χ1) is 7.08. The molecule has 0 aliphatic carbocycles. The van der Waals surface area contributed by atoms with E-state index in [1.54, 1.807) is 24.3 Å². The number of ether oxygens (including phenoxy) is 1. The van der Waals surface area contributed by atoms with Crippen molar-refractivity contribution in [2.45, 2.75) is 13.8 Å². The van der Waals surface area contributed by atoms with Gasteiger partial charge in [-0.2, -0.15) is 0 Å². The molecule has 0 bridgehead atoms. The lowest BCUT2D eigenvalue weighted by Gasteiger charge is -2.08. The molecule has 0 radical (unpaired) electrons. The highest BCUT2D eigenvalue weighted by Crippen LogP contribution is 2.16. The minimum absolute atomic E-state index is 0.474. The first-order valence-corrected chi connectivity index (χ1v) is 4.80. The van der Waals surface area contributed by atoms with Crippen LogP contribution in [0.4, 0.5) is 10.5 Å². The van der Waals surface area contributed by atoms with Crippen LogP contribution in [0.5, 0.6) is 5.75 Å². The monoisotopic (exact) mass is 209 g/mol. The van der Waals surface area contributed by atoms with Crippen LogP contribution in [0.1, 0.15) is 13.8 Å². The summed E-state index contributed by atoms with van der Waals surface area (Å²) in [5, 5.41) is 10.7. The van der Waals surface area contributed by atoms with E-state index in [0.717, 1.165) is 5.75 Å². The zero-order valence-electron chi connectivity index (χ0n) is 8.86. The smallest absolute Gasteiger partial charge is 0.409 e. The normalized spacial score (nSPS) is 10.1. The highest BCUT2D eigenvalue weighted by molar-refractivity contribution is 5.82. The summed E-state index contributed by atoms with van der Waals surface area (Å²) in [6.45, 7) is 4.80. The van der Waals surface area contributed by atoms with Crippen LogP contribution in [0.2, 0.25) is 0 Å². The number of benzene rings is 1. The van der Waals surface area contributed by atoms with E-state index in [4.69, 9.17) is 9.84 Å². The summed E-state index contributed by atoms with van der Waals surface area (Å²) >= 11 is 0. The van der Waals surface area contributed by atoms with Crippen molar-refractivity contribution in [1.82, 2.24) is 0 Å². The third-order valence-electron chi connectivity index (χ3n) is 1.69. The molecule has 0 aliphatic heterocycles. The maximum absolute atomic E-state index is 10.3. The van der Waals surface area contributed by atoms with Crippen LogP contribution in [0.25, 0.3) is 0 Å². The molecule has 0 saturated heterocycles. The Labute approximate surface area is 88.9 Å². The SMILES string of the molecule is CC(C)COc1ccc(NC(=O)O)cc1. The van der Waals surface area contributed by atoms with Crippen molar-refractivity contribution in [3.8, 4) is 5.75 Å². The summed E-state index contributed by atoms with van der Waals surface area (Å²) in [5.41, 5.74) is 0.541. The number of carbonyl (C=O) groups is 1. The molecule has 0 aliphatic rings. The first-order valence-electron chi connectivity index (χ1n) is 4.80. The van der Waals surface area contributed by atoms with Crippen molar-refractivity contribution < 1.29 is 14.6 Å². The lowest BCUT2D eigenvalue weighted by molar-refractivity contribution is 0.209. The van der Waals surface area contributed by atoms with Crippen LogP contribution in [-0.2, 0) is 0 Å². The highest BCUT2D eigenvalue weighted by Gasteiger charge is 1.99. The Kier molecular flexibility index (Phi) is 3.97. The van der Waals surface area contributed by atoms with E-state index in [2.05, 4.69) is 19.2 Å². The molecule has 0 saturated carbocycles. The number of carboxylic acid groups (broad SMARTS) is 1. The van der Waals surface area contributed by atoms with Crippen molar-refractivity contribution in [2.24, 2.45) is 5.92 Å². The van der Waals surface area contributed by atoms with Gasteiger partial charge in [0, 0.05) is 5.69 Å². The van der Waals surface area contributed by atoms with Crippen LogP contribution in [0, 0.1) is 5.92 Å². The summed E-state index contributed by atoms with van der Waals surface area (Å²) in [5.74, 6) is 1.22. The van der Waals surface area contributed by atoms with E-state index >= 15 is 0 Å². The highest BCUT2D eigenvalue weighted by atomic mass is 16.5. The Hall–Kier alpha value is -1.71. The van der Waals surface area contributed by atoms with Crippen molar-refractivity contribution in [1.29, 1.82) is 0 Å². The van der Waals surface area contributed by atoms with Gasteiger partial charge in [-0.15, -0.1) is 0 Å². The van der Waals surface area contributed by atoms with Crippen LogP contribution in [0.3, 0.4) is 0 Å². The van der Waals surface area contributed by atoms with E-state index in [1.807, 2.05) is 0 Å². The molecule has 4 nitrogen and oxygen atoms in total. The van der Waals surface area contributed by atoms with Gasteiger partial charge < -0.3 is 9.84 Å². The van der Waals surface area contributed by atoms with Crippen LogP contribution in [-0.4, -0.2) is 17.8 Å². The maximum atomic E-state index is 10.3. The largest absolute Gasteiger partial charge is 0.493 e. The van der Waals surface area contributed by atoms with E-state index in [0.29, 0.717) is 18.2 Å². The predicted octanol–water partition coefficient (Wildman–Crippen LogP) is 2.81. The first kappa shape index (κ1) is 11.4. The fourth-order valence-electron chi connectivity index (χ4n) is 1.02. The number of hydrogen-bond acceptors (Lipinski definition) is 2. The van der Waals surface area contributed by atoms with Gasteiger partial charge in [0.2, 0.25) is 0 Å². The molecule has 82 valence electrons. The summed E-state index contributed by atoms with van der Waals surface area (Å²) in [6, 6.07) is 6.83. The van der Waals surface area contributed by atoms with E-state index in [-0.39, 0.29) is 0 Å². The molecule has 0 spiro atoms. The molecule has 1 aromatic rings. The summed E-state index contributed by atoms with van der Waals surface area (Å²) < 4.78 is 5.45. The number of hydrogen-bond donors (Lipinski definition) is 2. The zero-order chi connectivity index (χ0) is 11.3. The van der Waals surface area contributed by atoms with Gasteiger partial charge in [0.15, 0.2) is 0 Å². The van der Waals surface area contributed by atoms with Gasteiger partial charge in [0.05, 0.1) is 6.61 Å². The predicted molar refractivity (Wildman–Crippen MR) is 58.4 cm³/mol. The van der Waals surface area contributed by atoms with Crippen LogP contribution >= 0.6 is 0 Å². The molecular formula is C11H15NO3. The van der Waals surface area contributed by atoms with Crippen molar-refractivity contribution >= 4 is 11.8 Å². The van der Waals surface area contributed by atoms with Crippen molar-refractivity contribution in [2.75, 3.05) is 11.9 Å². The molecule has 0 heterocycles. The Balaban J connectivity index is 2.52. The van der Waals surface area contributed by atoms with Gasteiger partial charge in [-0.3, -0.25) is 5.32 Å². The van der Waals surface area contributed by atoms with E-state index in [1.165, 1.54) is 0 Å². The molecule has 4 heteroatoms. The third-order valence-corrected chi connectivity index (χ3v) is 1.69. The van der Waals surface area contributed by atoms with Crippen LogP contribution < -0.4 is 10.1 Å². The Morgan fingerprint density at radius 2 is 2.00 bits per heavy atom. The second kappa shape index (κ2) is 5.24. The summed E-state index contributed by atoms with van der Waals surface area (Å²) in [7, 11) is 0. The summed E-state index contributed by atoms with van der Waals surface area (Å²) in [6.07, 6.45) is -1.06. The standard InChI is InChI=1S/C11H15NO3/c1-8(2)7-15-10-5-3-9(4-6-10)12-11(13)14/h3-6,8,12H,7H2,1-2H3,(H,13,14). The summed E-state index contributed by atoms with van der Waals surface area (Å²) in [4.78, 5) is 10.3. The quantitative estimate of drug-likeness (QED) is 0.801. The van der Waals surface area contributed by atoms with E-state index in [9.17, 15) is 4.79 Å². The Morgan fingerprint density at radius 3 is 2.47 bits per heavy atom. The molecule has 2 N–H and O–H groups in total.